The van der Waals surface area contributed by atoms with E-state index in [0.29, 0.717) is 18.3 Å². The van der Waals surface area contributed by atoms with Crippen LogP contribution < -0.4 is 14.8 Å². The van der Waals surface area contributed by atoms with E-state index in [2.05, 4.69) is 21.2 Å². The molecule has 1 aromatic heterocycles. The van der Waals surface area contributed by atoms with E-state index < -0.39 is 6.61 Å². The molecule has 1 unspecified atom stereocenters. The Kier molecular flexibility index (Phi) is 5.56. The van der Waals surface area contributed by atoms with Gasteiger partial charge in [-0.3, -0.25) is 0 Å². The molecule has 162 valence electrons. The first-order chi connectivity index (χ1) is 15.1. The molecule has 1 aliphatic carbocycles. The Morgan fingerprint density at radius 2 is 1.90 bits per heavy atom. The maximum absolute atomic E-state index is 12.9. The Labute approximate surface area is 187 Å². The van der Waals surface area contributed by atoms with Crippen LogP contribution in [0.4, 0.5) is 14.6 Å². The van der Waals surface area contributed by atoms with Crippen LogP contribution in [0.2, 0.25) is 0 Å². The van der Waals surface area contributed by atoms with Gasteiger partial charge in [-0.05, 0) is 58.8 Å². The van der Waals surface area contributed by atoms with Crippen molar-refractivity contribution in [1.82, 2.24) is 9.78 Å². The van der Waals surface area contributed by atoms with E-state index in [1.807, 2.05) is 47.1 Å². The Bertz CT molecular complexity index is 1070. The molecule has 31 heavy (non-hydrogen) atoms. The standard InChI is InChI=1S/C23H22BrF2N3O2/c24-20-21(15-4-2-1-3-5-15)28-29-17(10-11-27-22(20)29)16-8-9-18(31-23(25)26)19(12-16)30-13-14-6-7-14/h1-5,8-9,12,14,17,23,27H,6-7,10-11,13H2. The second kappa shape index (κ2) is 8.49. The van der Waals surface area contributed by atoms with Gasteiger partial charge in [0.1, 0.15) is 11.5 Å². The summed E-state index contributed by atoms with van der Waals surface area (Å²) in [6.45, 7) is -1.60. The third-order valence-corrected chi connectivity index (χ3v) is 6.40. The van der Waals surface area contributed by atoms with E-state index >= 15 is 0 Å². The number of fused-ring (bicyclic) bond motifs is 1. The number of aromatic nitrogens is 2. The molecule has 0 radical (unpaired) electrons. The van der Waals surface area contributed by atoms with Crippen LogP contribution in [-0.2, 0) is 0 Å². The van der Waals surface area contributed by atoms with Crippen LogP contribution in [0.3, 0.4) is 0 Å². The van der Waals surface area contributed by atoms with Crippen molar-refractivity contribution in [2.45, 2.75) is 31.9 Å². The van der Waals surface area contributed by atoms with Gasteiger partial charge in [-0.2, -0.15) is 13.9 Å². The smallest absolute Gasteiger partial charge is 0.387 e. The summed E-state index contributed by atoms with van der Waals surface area (Å²) in [5.41, 5.74) is 2.83. The molecule has 3 aromatic rings. The third kappa shape index (κ3) is 4.26. The largest absolute Gasteiger partial charge is 0.489 e. The molecule has 1 atom stereocenters. The van der Waals surface area contributed by atoms with E-state index in [0.717, 1.165) is 52.9 Å². The molecule has 8 heteroatoms. The zero-order chi connectivity index (χ0) is 21.4. The summed E-state index contributed by atoms with van der Waals surface area (Å²) in [6, 6.07) is 15.1. The number of nitrogens with one attached hydrogen (secondary N) is 1. The van der Waals surface area contributed by atoms with Gasteiger partial charge < -0.3 is 14.8 Å². The number of halogens is 3. The lowest BCUT2D eigenvalue weighted by Crippen LogP contribution is -2.24. The highest BCUT2D eigenvalue weighted by Crippen LogP contribution is 2.42. The molecule has 1 N–H and O–H groups in total. The second-order valence-corrected chi connectivity index (χ2v) is 8.69. The topological polar surface area (TPSA) is 48.3 Å². The molecule has 0 saturated heterocycles. The van der Waals surface area contributed by atoms with Crippen molar-refractivity contribution >= 4 is 21.7 Å². The van der Waals surface area contributed by atoms with Crippen molar-refractivity contribution < 1.29 is 18.3 Å². The predicted molar refractivity (Wildman–Crippen MR) is 118 cm³/mol. The lowest BCUT2D eigenvalue weighted by Gasteiger charge is -2.27. The number of alkyl halides is 2. The average molecular weight is 490 g/mol. The minimum absolute atomic E-state index is 0.0473. The molecule has 0 spiro atoms. The Hall–Kier alpha value is -2.61. The number of hydrogen-bond acceptors (Lipinski definition) is 4. The van der Waals surface area contributed by atoms with Crippen molar-refractivity contribution in [2.24, 2.45) is 5.92 Å². The van der Waals surface area contributed by atoms with Gasteiger partial charge in [0.25, 0.3) is 0 Å². The highest BCUT2D eigenvalue weighted by molar-refractivity contribution is 9.10. The van der Waals surface area contributed by atoms with Gasteiger partial charge in [-0.1, -0.05) is 36.4 Å². The predicted octanol–water partition coefficient (Wildman–Crippen LogP) is 6.11. The van der Waals surface area contributed by atoms with Crippen molar-refractivity contribution in [2.75, 3.05) is 18.5 Å². The Morgan fingerprint density at radius 1 is 1.10 bits per heavy atom. The normalized spacial score (nSPS) is 17.9. The van der Waals surface area contributed by atoms with Crippen LogP contribution in [-0.4, -0.2) is 29.5 Å². The highest BCUT2D eigenvalue weighted by atomic mass is 79.9. The quantitative estimate of drug-likeness (QED) is 0.435. The summed E-state index contributed by atoms with van der Waals surface area (Å²) < 4.78 is 39.2. The van der Waals surface area contributed by atoms with Crippen molar-refractivity contribution in [3.63, 3.8) is 0 Å². The molecule has 0 amide bonds. The van der Waals surface area contributed by atoms with Crippen LogP contribution >= 0.6 is 15.9 Å². The molecule has 1 aliphatic heterocycles. The average Bonchev–Trinajstić information content (AvgIpc) is 3.55. The monoisotopic (exact) mass is 489 g/mol. The number of ether oxygens (including phenoxy) is 2. The van der Waals surface area contributed by atoms with Gasteiger partial charge in [0.15, 0.2) is 11.5 Å². The van der Waals surface area contributed by atoms with Gasteiger partial charge in [-0.15, -0.1) is 0 Å². The van der Waals surface area contributed by atoms with Crippen LogP contribution in [0, 0.1) is 5.92 Å². The summed E-state index contributed by atoms with van der Waals surface area (Å²) in [5.74, 6) is 1.84. The molecule has 2 aliphatic rings. The molecule has 5 nitrogen and oxygen atoms in total. The zero-order valence-corrected chi connectivity index (χ0v) is 18.3. The molecule has 2 aromatic carbocycles. The first kappa shape index (κ1) is 20.3. The first-order valence-electron chi connectivity index (χ1n) is 10.4. The fraction of sp³-hybridized carbons (Fsp3) is 0.348. The van der Waals surface area contributed by atoms with Crippen molar-refractivity contribution in [1.29, 1.82) is 0 Å². The van der Waals surface area contributed by atoms with Gasteiger partial charge in [0.05, 0.1) is 17.1 Å². The van der Waals surface area contributed by atoms with Crippen LogP contribution in [0.15, 0.2) is 53.0 Å². The highest BCUT2D eigenvalue weighted by Gasteiger charge is 2.29. The van der Waals surface area contributed by atoms with E-state index in [9.17, 15) is 8.78 Å². The molecule has 1 saturated carbocycles. The van der Waals surface area contributed by atoms with E-state index in [-0.39, 0.29) is 11.8 Å². The van der Waals surface area contributed by atoms with E-state index in [4.69, 9.17) is 14.6 Å². The van der Waals surface area contributed by atoms with Crippen LogP contribution in [0.25, 0.3) is 11.3 Å². The van der Waals surface area contributed by atoms with Crippen molar-refractivity contribution in [3.8, 4) is 22.8 Å². The molecule has 1 fully saturated rings. The maximum atomic E-state index is 12.9. The Balaban J connectivity index is 1.50. The summed E-state index contributed by atoms with van der Waals surface area (Å²) in [4.78, 5) is 0. The number of rotatable bonds is 7. The SMILES string of the molecule is FC(F)Oc1ccc(C2CCNc3c(Br)c(-c4ccccc4)nn32)cc1OCC1CC1. The summed E-state index contributed by atoms with van der Waals surface area (Å²) >= 11 is 3.70. The van der Waals surface area contributed by atoms with E-state index in [1.54, 1.807) is 6.07 Å². The van der Waals surface area contributed by atoms with Crippen LogP contribution in [0.1, 0.15) is 30.9 Å². The second-order valence-electron chi connectivity index (χ2n) is 7.89. The fourth-order valence-corrected chi connectivity index (χ4v) is 4.50. The lowest BCUT2D eigenvalue weighted by atomic mass is 10.0. The lowest BCUT2D eigenvalue weighted by molar-refractivity contribution is -0.0515. The third-order valence-electron chi connectivity index (χ3n) is 5.65. The van der Waals surface area contributed by atoms with Gasteiger partial charge >= 0.3 is 6.61 Å². The molecular weight excluding hydrogens is 468 g/mol. The zero-order valence-electron chi connectivity index (χ0n) is 16.7. The maximum Gasteiger partial charge on any atom is 0.387 e. The number of anilines is 1. The summed E-state index contributed by atoms with van der Waals surface area (Å²) in [6.07, 6.45) is 3.05. The molecule has 5 rings (SSSR count). The van der Waals surface area contributed by atoms with Gasteiger partial charge in [0.2, 0.25) is 0 Å². The number of nitrogens with zero attached hydrogens (tertiary/aromatic N) is 2. The first-order valence-corrected chi connectivity index (χ1v) is 11.2. The molecule has 0 bridgehead atoms. The Morgan fingerprint density at radius 3 is 2.65 bits per heavy atom. The number of hydrogen-bond donors (Lipinski definition) is 1. The minimum Gasteiger partial charge on any atom is -0.489 e. The molecule has 2 heterocycles. The fourth-order valence-electron chi connectivity index (χ4n) is 3.87. The summed E-state index contributed by atoms with van der Waals surface area (Å²) in [7, 11) is 0. The van der Waals surface area contributed by atoms with Gasteiger partial charge in [-0.25, -0.2) is 4.68 Å². The molecular formula is C23H22BrF2N3O2. The van der Waals surface area contributed by atoms with Gasteiger partial charge in [0, 0.05) is 12.1 Å². The van der Waals surface area contributed by atoms with E-state index in [1.165, 1.54) is 0 Å². The number of benzene rings is 2. The summed E-state index contributed by atoms with van der Waals surface area (Å²) in [5, 5.41) is 8.30. The van der Waals surface area contributed by atoms with Crippen molar-refractivity contribution in [3.05, 3.63) is 58.6 Å². The van der Waals surface area contributed by atoms with Crippen LogP contribution in [0.5, 0.6) is 11.5 Å². The minimum atomic E-state index is -2.89.